The van der Waals surface area contributed by atoms with Gasteiger partial charge in [0.05, 0.1) is 11.8 Å². The van der Waals surface area contributed by atoms with Crippen molar-refractivity contribution in [1.29, 1.82) is 0 Å². The fourth-order valence-electron chi connectivity index (χ4n) is 2.25. The maximum Gasteiger partial charge on any atom is 0.344 e. The second-order valence-electron chi connectivity index (χ2n) is 5.68. The Bertz CT molecular complexity index is 1020. The standard InChI is InChI=1S/C21H15IN2O4/c22-19-4-2-1-3-18(19)21(27)28-17-11-5-14(6-12-17)13-23-24-20(26)15-7-9-16(25)10-8-15/h1-13,25H,(H,24,26)/b23-13-. The molecule has 0 fully saturated rings. The molecule has 0 radical (unpaired) electrons. The van der Waals surface area contributed by atoms with Crippen molar-refractivity contribution in [3.8, 4) is 11.5 Å². The first-order valence-corrected chi connectivity index (χ1v) is 9.30. The average Bonchev–Trinajstić information content (AvgIpc) is 2.70. The fraction of sp³-hybridized carbons (Fsp3) is 0. The zero-order valence-corrected chi connectivity index (χ0v) is 16.7. The summed E-state index contributed by atoms with van der Waals surface area (Å²) in [5, 5.41) is 13.1. The molecule has 0 aromatic heterocycles. The number of aromatic hydroxyl groups is 1. The lowest BCUT2D eigenvalue weighted by Crippen LogP contribution is -2.17. The maximum absolute atomic E-state index is 12.2. The minimum absolute atomic E-state index is 0.0859. The molecule has 3 aromatic carbocycles. The molecule has 0 saturated heterocycles. The minimum atomic E-state index is -0.424. The van der Waals surface area contributed by atoms with Gasteiger partial charge >= 0.3 is 5.97 Å². The number of esters is 1. The molecular weight excluding hydrogens is 471 g/mol. The van der Waals surface area contributed by atoms with E-state index in [9.17, 15) is 14.7 Å². The number of amides is 1. The molecule has 0 bridgehead atoms. The summed E-state index contributed by atoms with van der Waals surface area (Å²) in [7, 11) is 0. The van der Waals surface area contributed by atoms with Crippen LogP contribution in [0.2, 0.25) is 0 Å². The molecule has 0 spiro atoms. The summed E-state index contributed by atoms with van der Waals surface area (Å²) < 4.78 is 6.19. The van der Waals surface area contributed by atoms with Crippen molar-refractivity contribution >= 4 is 40.7 Å². The minimum Gasteiger partial charge on any atom is -0.508 e. The molecule has 6 nitrogen and oxygen atoms in total. The number of halogens is 1. The Morgan fingerprint density at radius 1 is 0.964 bits per heavy atom. The van der Waals surface area contributed by atoms with Crippen LogP contribution in [0.15, 0.2) is 77.9 Å². The van der Waals surface area contributed by atoms with Crippen LogP contribution in [0.5, 0.6) is 11.5 Å². The van der Waals surface area contributed by atoms with Crippen molar-refractivity contribution in [3.63, 3.8) is 0 Å². The molecule has 0 unspecified atom stereocenters. The zero-order valence-electron chi connectivity index (χ0n) is 14.5. The van der Waals surface area contributed by atoms with Crippen LogP contribution in [0.25, 0.3) is 0 Å². The highest BCUT2D eigenvalue weighted by molar-refractivity contribution is 14.1. The monoisotopic (exact) mass is 486 g/mol. The van der Waals surface area contributed by atoms with Crippen LogP contribution in [0.1, 0.15) is 26.3 Å². The molecule has 0 heterocycles. The Labute approximate surface area is 175 Å². The first-order chi connectivity index (χ1) is 13.5. The Kier molecular flexibility index (Phi) is 6.38. The van der Waals surface area contributed by atoms with Gasteiger partial charge in [-0.15, -0.1) is 0 Å². The second-order valence-corrected chi connectivity index (χ2v) is 6.85. The van der Waals surface area contributed by atoms with Gasteiger partial charge in [-0.1, -0.05) is 12.1 Å². The molecule has 140 valence electrons. The third-order valence-corrected chi connectivity index (χ3v) is 4.63. The summed E-state index contributed by atoms with van der Waals surface area (Å²) in [5.41, 5.74) is 4.01. The summed E-state index contributed by atoms with van der Waals surface area (Å²) >= 11 is 2.08. The fourth-order valence-corrected chi connectivity index (χ4v) is 2.86. The molecule has 0 aliphatic heterocycles. The van der Waals surface area contributed by atoms with Gasteiger partial charge in [-0.05, 0) is 88.8 Å². The summed E-state index contributed by atoms with van der Waals surface area (Å²) in [6.45, 7) is 0. The quantitative estimate of drug-likeness (QED) is 0.188. The number of nitrogens with one attached hydrogen (secondary N) is 1. The first-order valence-electron chi connectivity index (χ1n) is 8.22. The highest BCUT2D eigenvalue weighted by atomic mass is 127. The number of ether oxygens (including phenoxy) is 1. The van der Waals surface area contributed by atoms with E-state index < -0.39 is 5.97 Å². The molecular formula is C21H15IN2O4. The van der Waals surface area contributed by atoms with E-state index in [1.165, 1.54) is 30.5 Å². The van der Waals surface area contributed by atoms with E-state index in [0.717, 1.165) is 9.13 Å². The number of carbonyl (C=O) groups excluding carboxylic acids is 2. The molecule has 3 rings (SSSR count). The SMILES string of the molecule is O=C(N/N=C\c1ccc(OC(=O)c2ccccc2I)cc1)c1ccc(O)cc1. The summed E-state index contributed by atoms with van der Waals surface area (Å²) in [6.07, 6.45) is 1.48. The summed E-state index contributed by atoms with van der Waals surface area (Å²) in [4.78, 5) is 24.1. The van der Waals surface area contributed by atoms with Crippen molar-refractivity contribution in [2.45, 2.75) is 0 Å². The van der Waals surface area contributed by atoms with Gasteiger partial charge < -0.3 is 9.84 Å². The molecule has 0 saturated carbocycles. The van der Waals surface area contributed by atoms with E-state index in [1.807, 2.05) is 12.1 Å². The van der Waals surface area contributed by atoms with E-state index in [4.69, 9.17) is 4.74 Å². The number of hydrogen-bond acceptors (Lipinski definition) is 5. The molecule has 7 heteroatoms. The largest absolute Gasteiger partial charge is 0.508 e. The highest BCUT2D eigenvalue weighted by Gasteiger charge is 2.11. The van der Waals surface area contributed by atoms with E-state index in [1.54, 1.807) is 36.4 Å². The number of rotatable bonds is 5. The highest BCUT2D eigenvalue weighted by Crippen LogP contribution is 2.17. The van der Waals surface area contributed by atoms with E-state index in [-0.39, 0.29) is 11.7 Å². The summed E-state index contributed by atoms with van der Waals surface area (Å²) in [5.74, 6) is -0.315. The van der Waals surface area contributed by atoms with Gasteiger partial charge in [0.15, 0.2) is 0 Å². The Morgan fingerprint density at radius 2 is 1.64 bits per heavy atom. The van der Waals surface area contributed by atoms with Crippen LogP contribution in [-0.2, 0) is 0 Å². The van der Waals surface area contributed by atoms with Crippen molar-refractivity contribution in [3.05, 3.63) is 93.1 Å². The number of hydrogen-bond donors (Lipinski definition) is 2. The van der Waals surface area contributed by atoms with Gasteiger partial charge in [0.25, 0.3) is 5.91 Å². The first kappa shape index (κ1) is 19.6. The Hall–Kier alpha value is -3.20. The van der Waals surface area contributed by atoms with Crippen molar-refractivity contribution in [2.75, 3.05) is 0 Å². The number of phenols is 1. The predicted octanol–water partition coefficient (Wildman–Crippen LogP) is 3.98. The Balaban J connectivity index is 1.57. The van der Waals surface area contributed by atoms with Crippen LogP contribution in [0.3, 0.4) is 0 Å². The third-order valence-electron chi connectivity index (χ3n) is 3.69. The van der Waals surface area contributed by atoms with Gasteiger partial charge in [-0.2, -0.15) is 5.10 Å². The number of benzene rings is 3. The maximum atomic E-state index is 12.2. The Morgan fingerprint density at radius 3 is 2.32 bits per heavy atom. The van der Waals surface area contributed by atoms with Gasteiger partial charge in [-0.25, -0.2) is 10.2 Å². The molecule has 3 aromatic rings. The zero-order chi connectivity index (χ0) is 19.9. The molecule has 0 aliphatic rings. The second kappa shape index (κ2) is 9.14. The molecule has 2 N–H and O–H groups in total. The van der Waals surface area contributed by atoms with Crippen molar-refractivity contribution < 1.29 is 19.4 Å². The molecule has 0 atom stereocenters. The smallest absolute Gasteiger partial charge is 0.344 e. The lowest BCUT2D eigenvalue weighted by molar-refractivity contribution is 0.0733. The van der Waals surface area contributed by atoms with Crippen LogP contribution in [-0.4, -0.2) is 23.2 Å². The average molecular weight is 486 g/mol. The number of hydrazone groups is 1. The van der Waals surface area contributed by atoms with Crippen molar-refractivity contribution in [2.24, 2.45) is 5.10 Å². The van der Waals surface area contributed by atoms with Crippen molar-refractivity contribution in [1.82, 2.24) is 5.43 Å². The molecule has 0 aliphatic carbocycles. The van der Waals surface area contributed by atoms with Gasteiger partial charge in [0, 0.05) is 9.13 Å². The number of phenolic OH excluding ortho intramolecular Hbond substituents is 1. The number of carbonyl (C=O) groups is 2. The number of nitrogens with zero attached hydrogens (tertiary/aromatic N) is 1. The molecule has 28 heavy (non-hydrogen) atoms. The topological polar surface area (TPSA) is 88.0 Å². The third kappa shape index (κ3) is 5.17. The van der Waals surface area contributed by atoms with Gasteiger partial charge in [0.2, 0.25) is 0 Å². The van der Waals surface area contributed by atoms with Gasteiger partial charge in [0.1, 0.15) is 11.5 Å². The lowest BCUT2D eigenvalue weighted by Gasteiger charge is -2.06. The van der Waals surface area contributed by atoms with Crippen LogP contribution >= 0.6 is 22.6 Å². The van der Waals surface area contributed by atoms with E-state index in [0.29, 0.717) is 16.9 Å². The summed E-state index contributed by atoms with van der Waals surface area (Å²) in [6, 6.07) is 19.8. The lowest BCUT2D eigenvalue weighted by atomic mass is 10.2. The van der Waals surface area contributed by atoms with Crippen LogP contribution < -0.4 is 10.2 Å². The van der Waals surface area contributed by atoms with E-state index >= 15 is 0 Å². The van der Waals surface area contributed by atoms with Crippen LogP contribution in [0.4, 0.5) is 0 Å². The van der Waals surface area contributed by atoms with E-state index in [2.05, 4.69) is 33.1 Å². The normalized spacial score (nSPS) is 10.6. The molecule has 1 amide bonds. The van der Waals surface area contributed by atoms with Gasteiger partial charge in [-0.3, -0.25) is 4.79 Å². The van der Waals surface area contributed by atoms with Crippen LogP contribution in [0, 0.1) is 3.57 Å². The predicted molar refractivity (Wildman–Crippen MR) is 114 cm³/mol.